The minimum Gasteiger partial charge on any atom is -0.317 e. The zero-order valence-corrected chi connectivity index (χ0v) is 12.5. The van der Waals surface area contributed by atoms with Crippen molar-refractivity contribution in [2.45, 2.75) is 64.3 Å². The molecule has 1 saturated heterocycles. The van der Waals surface area contributed by atoms with Crippen LogP contribution in [0.25, 0.3) is 0 Å². The Labute approximate surface area is 114 Å². The Kier molecular flexibility index (Phi) is 5.97. The van der Waals surface area contributed by atoms with Crippen molar-refractivity contribution < 1.29 is 0 Å². The Morgan fingerprint density at radius 2 is 1.94 bits per heavy atom. The molecule has 0 radical (unpaired) electrons. The van der Waals surface area contributed by atoms with Gasteiger partial charge in [0.15, 0.2) is 0 Å². The second kappa shape index (κ2) is 7.49. The maximum atomic E-state index is 3.42. The van der Waals surface area contributed by atoms with Gasteiger partial charge in [-0.1, -0.05) is 26.2 Å². The molecule has 0 spiro atoms. The van der Waals surface area contributed by atoms with Crippen molar-refractivity contribution in [3.05, 3.63) is 0 Å². The normalized spacial score (nSPS) is 31.0. The van der Waals surface area contributed by atoms with Crippen molar-refractivity contribution in [1.82, 2.24) is 10.2 Å². The van der Waals surface area contributed by atoms with Gasteiger partial charge in [0.05, 0.1) is 0 Å². The molecule has 1 heterocycles. The van der Waals surface area contributed by atoms with E-state index in [1.165, 1.54) is 71.0 Å². The lowest BCUT2D eigenvalue weighted by molar-refractivity contribution is 0.0852. The van der Waals surface area contributed by atoms with Crippen LogP contribution in [-0.4, -0.2) is 37.6 Å². The molecule has 3 atom stereocenters. The lowest BCUT2D eigenvalue weighted by Gasteiger charge is -2.41. The average Bonchev–Trinajstić information content (AvgIpc) is 2.43. The number of fused-ring (bicyclic) bond motifs is 1. The van der Waals surface area contributed by atoms with Crippen molar-refractivity contribution in [3.8, 4) is 0 Å². The van der Waals surface area contributed by atoms with E-state index in [9.17, 15) is 0 Å². The molecule has 1 N–H and O–H groups in total. The smallest absolute Gasteiger partial charge is 0.00619 e. The number of hydrogen-bond donors (Lipinski definition) is 1. The van der Waals surface area contributed by atoms with Crippen LogP contribution in [0.4, 0.5) is 0 Å². The first kappa shape index (κ1) is 14.3. The summed E-state index contributed by atoms with van der Waals surface area (Å²) in [5, 5.41) is 3.42. The monoisotopic (exact) mass is 252 g/mol. The van der Waals surface area contributed by atoms with Gasteiger partial charge in [0, 0.05) is 12.6 Å². The summed E-state index contributed by atoms with van der Waals surface area (Å²) in [6.07, 6.45) is 11.5. The summed E-state index contributed by atoms with van der Waals surface area (Å²) in [5.74, 6) is 2.12. The third-order valence-electron chi connectivity index (χ3n) is 5.30. The topological polar surface area (TPSA) is 15.3 Å². The maximum absolute atomic E-state index is 3.42. The van der Waals surface area contributed by atoms with Gasteiger partial charge in [-0.15, -0.1) is 0 Å². The molecule has 0 bridgehead atoms. The number of nitrogens with one attached hydrogen (secondary N) is 1. The molecular weight excluding hydrogens is 220 g/mol. The molecule has 18 heavy (non-hydrogen) atoms. The first-order chi connectivity index (χ1) is 8.83. The molecule has 2 rings (SSSR count). The van der Waals surface area contributed by atoms with Gasteiger partial charge in [-0.3, -0.25) is 0 Å². The second-order valence-corrected chi connectivity index (χ2v) is 6.43. The van der Waals surface area contributed by atoms with E-state index in [2.05, 4.69) is 24.2 Å². The second-order valence-electron chi connectivity index (χ2n) is 6.43. The van der Waals surface area contributed by atoms with E-state index in [1.54, 1.807) is 0 Å². The molecule has 1 aliphatic heterocycles. The molecule has 1 saturated carbocycles. The number of nitrogens with zero attached hydrogens (tertiary/aromatic N) is 1. The minimum absolute atomic E-state index is 0.734. The fraction of sp³-hybridized carbons (Fsp3) is 1.00. The zero-order chi connectivity index (χ0) is 12.8. The Hall–Kier alpha value is -0.0800. The molecule has 2 fully saturated rings. The number of hydrogen-bond acceptors (Lipinski definition) is 2. The van der Waals surface area contributed by atoms with Crippen molar-refractivity contribution in [2.75, 3.05) is 26.7 Å². The standard InChI is InChI=1S/C16H32N2/c1-3-16(17-2)9-6-11-18-12-10-14-7-4-5-8-15(14)13-18/h14-17H,3-13H2,1-2H3. The number of piperidine rings is 1. The van der Waals surface area contributed by atoms with Crippen LogP contribution in [0.1, 0.15) is 58.3 Å². The van der Waals surface area contributed by atoms with E-state index in [4.69, 9.17) is 0 Å². The fourth-order valence-corrected chi connectivity index (χ4v) is 3.99. The van der Waals surface area contributed by atoms with Gasteiger partial charge < -0.3 is 10.2 Å². The predicted molar refractivity (Wildman–Crippen MR) is 78.9 cm³/mol. The molecule has 2 aliphatic rings. The van der Waals surface area contributed by atoms with Gasteiger partial charge in [0.2, 0.25) is 0 Å². The first-order valence-corrected chi connectivity index (χ1v) is 8.23. The van der Waals surface area contributed by atoms with Gasteiger partial charge in [0.1, 0.15) is 0 Å². The van der Waals surface area contributed by atoms with E-state index >= 15 is 0 Å². The molecule has 3 unspecified atom stereocenters. The van der Waals surface area contributed by atoms with Gasteiger partial charge in [0.25, 0.3) is 0 Å². The summed E-state index contributed by atoms with van der Waals surface area (Å²) in [7, 11) is 2.10. The minimum atomic E-state index is 0.734. The van der Waals surface area contributed by atoms with Crippen molar-refractivity contribution >= 4 is 0 Å². The predicted octanol–water partition coefficient (Wildman–Crippen LogP) is 3.28. The van der Waals surface area contributed by atoms with Crippen LogP contribution in [0.5, 0.6) is 0 Å². The van der Waals surface area contributed by atoms with Crippen molar-refractivity contribution in [3.63, 3.8) is 0 Å². The van der Waals surface area contributed by atoms with Crippen LogP contribution in [0.2, 0.25) is 0 Å². The Morgan fingerprint density at radius 3 is 2.67 bits per heavy atom. The first-order valence-electron chi connectivity index (χ1n) is 8.23. The van der Waals surface area contributed by atoms with Gasteiger partial charge in [-0.25, -0.2) is 0 Å². The summed E-state index contributed by atoms with van der Waals surface area (Å²) in [6, 6.07) is 0.734. The molecular formula is C16H32N2. The van der Waals surface area contributed by atoms with Crippen LogP contribution in [0, 0.1) is 11.8 Å². The summed E-state index contributed by atoms with van der Waals surface area (Å²) in [6.45, 7) is 6.40. The highest BCUT2D eigenvalue weighted by molar-refractivity contribution is 4.83. The van der Waals surface area contributed by atoms with Crippen LogP contribution in [0.15, 0.2) is 0 Å². The molecule has 0 aromatic rings. The van der Waals surface area contributed by atoms with Gasteiger partial charge in [-0.05, 0) is 64.1 Å². The lowest BCUT2D eigenvalue weighted by atomic mass is 9.75. The Balaban J connectivity index is 1.65. The third-order valence-corrected chi connectivity index (χ3v) is 5.30. The fourth-order valence-electron chi connectivity index (χ4n) is 3.99. The average molecular weight is 252 g/mol. The number of likely N-dealkylation sites (tertiary alicyclic amines) is 1. The quantitative estimate of drug-likeness (QED) is 0.780. The molecule has 0 amide bonds. The van der Waals surface area contributed by atoms with E-state index in [0.29, 0.717) is 0 Å². The Morgan fingerprint density at radius 1 is 1.17 bits per heavy atom. The SMILES string of the molecule is CCC(CCCN1CCC2CCCCC2C1)NC. The summed E-state index contributed by atoms with van der Waals surface area (Å²) < 4.78 is 0. The highest BCUT2D eigenvalue weighted by Gasteiger charge is 2.30. The summed E-state index contributed by atoms with van der Waals surface area (Å²) in [5.41, 5.74) is 0. The lowest BCUT2D eigenvalue weighted by Crippen LogP contribution is -2.42. The van der Waals surface area contributed by atoms with E-state index in [-0.39, 0.29) is 0 Å². The highest BCUT2D eigenvalue weighted by atomic mass is 15.1. The molecule has 106 valence electrons. The van der Waals surface area contributed by atoms with Crippen LogP contribution in [-0.2, 0) is 0 Å². The molecule has 0 aromatic heterocycles. The van der Waals surface area contributed by atoms with Crippen molar-refractivity contribution in [2.24, 2.45) is 11.8 Å². The molecule has 1 aliphatic carbocycles. The van der Waals surface area contributed by atoms with E-state index < -0.39 is 0 Å². The van der Waals surface area contributed by atoms with E-state index in [1.807, 2.05) is 0 Å². The molecule has 0 aromatic carbocycles. The third kappa shape index (κ3) is 3.96. The number of rotatable bonds is 6. The Bertz CT molecular complexity index is 225. The largest absolute Gasteiger partial charge is 0.317 e. The summed E-state index contributed by atoms with van der Waals surface area (Å²) in [4.78, 5) is 2.74. The molecule has 2 heteroatoms. The van der Waals surface area contributed by atoms with E-state index in [0.717, 1.165) is 17.9 Å². The highest BCUT2D eigenvalue weighted by Crippen LogP contribution is 2.35. The van der Waals surface area contributed by atoms with Crippen molar-refractivity contribution in [1.29, 1.82) is 0 Å². The van der Waals surface area contributed by atoms with Gasteiger partial charge >= 0.3 is 0 Å². The van der Waals surface area contributed by atoms with Crippen LogP contribution < -0.4 is 5.32 Å². The summed E-state index contributed by atoms with van der Waals surface area (Å²) >= 11 is 0. The van der Waals surface area contributed by atoms with Crippen LogP contribution in [0.3, 0.4) is 0 Å². The maximum Gasteiger partial charge on any atom is 0.00619 e. The molecule has 2 nitrogen and oxygen atoms in total. The van der Waals surface area contributed by atoms with Gasteiger partial charge in [-0.2, -0.15) is 0 Å². The zero-order valence-electron chi connectivity index (χ0n) is 12.5. The van der Waals surface area contributed by atoms with Crippen LogP contribution >= 0.6 is 0 Å².